The maximum absolute atomic E-state index is 11.1. The van der Waals surface area contributed by atoms with Crippen molar-refractivity contribution in [2.24, 2.45) is 5.92 Å². The molecule has 82 valence electrons. The molecule has 0 aliphatic heterocycles. The first-order chi connectivity index (χ1) is 6.83. The summed E-state index contributed by atoms with van der Waals surface area (Å²) in [6, 6.07) is 0. The van der Waals surface area contributed by atoms with Crippen LogP contribution in [0, 0.1) is 5.92 Å². The van der Waals surface area contributed by atoms with Crippen LogP contribution in [-0.4, -0.2) is 25.7 Å². The van der Waals surface area contributed by atoms with Crippen LogP contribution in [0.5, 0.6) is 0 Å². The fourth-order valence-electron chi connectivity index (χ4n) is 1.44. The molecule has 1 saturated carbocycles. The van der Waals surface area contributed by atoms with E-state index in [0.717, 1.165) is 18.9 Å². The lowest BCUT2D eigenvalue weighted by Crippen LogP contribution is -2.28. The number of nitrogens with one attached hydrogen (secondary N) is 1. The SMILES string of the molecule is CCOCC(=O)NCCCCC1CC1. The molecule has 14 heavy (non-hydrogen) atoms. The van der Waals surface area contributed by atoms with Gasteiger partial charge in [0.15, 0.2) is 0 Å². The minimum atomic E-state index is 0.0123. The molecule has 1 amide bonds. The minimum Gasteiger partial charge on any atom is -0.372 e. The molecule has 0 unspecified atom stereocenters. The quantitative estimate of drug-likeness (QED) is 0.604. The molecule has 0 saturated heterocycles. The van der Waals surface area contributed by atoms with Gasteiger partial charge < -0.3 is 10.1 Å². The van der Waals surface area contributed by atoms with Crippen LogP contribution in [0.15, 0.2) is 0 Å². The summed E-state index contributed by atoms with van der Waals surface area (Å²) in [6.07, 6.45) is 6.56. The van der Waals surface area contributed by atoms with E-state index in [9.17, 15) is 4.79 Å². The molecule has 0 aromatic heterocycles. The standard InChI is InChI=1S/C11H21NO2/c1-2-14-9-11(13)12-8-4-3-5-10-6-7-10/h10H,2-9H2,1H3,(H,12,13). The van der Waals surface area contributed by atoms with Gasteiger partial charge in [0.2, 0.25) is 5.91 Å². The molecule has 1 rings (SSSR count). The van der Waals surface area contributed by atoms with E-state index in [1.807, 2.05) is 6.92 Å². The van der Waals surface area contributed by atoms with E-state index < -0.39 is 0 Å². The average Bonchev–Trinajstić information content (AvgIpc) is 2.98. The van der Waals surface area contributed by atoms with Gasteiger partial charge in [-0.1, -0.05) is 25.7 Å². The van der Waals surface area contributed by atoms with Crippen molar-refractivity contribution in [3.8, 4) is 0 Å². The summed E-state index contributed by atoms with van der Waals surface area (Å²) >= 11 is 0. The van der Waals surface area contributed by atoms with Crippen molar-refractivity contribution >= 4 is 5.91 Å². The monoisotopic (exact) mass is 199 g/mol. The third kappa shape index (κ3) is 5.97. The highest BCUT2D eigenvalue weighted by molar-refractivity contribution is 5.77. The van der Waals surface area contributed by atoms with Crippen LogP contribution < -0.4 is 5.32 Å². The van der Waals surface area contributed by atoms with Gasteiger partial charge in [0.05, 0.1) is 0 Å². The maximum atomic E-state index is 11.1. The third-order valence-corrected chi connectivity index (χ3v) is 2.50. The van der Waals surface area contributed by atoms with Crippen LogP contribution in [0.4, 0.5) is 0 Å². The van der Waals surface area contributed by atoms with Crippen molar-refractivity contribution in [3.63, 3.8) is 0 Å². The molecule has 0 bridgehead atoms. The molecule has 0 aromatic rings. The molecule has 1 aliphatic carbocycles. The molecular weight excluding hydrogens is 178 g/mol. The van der Waals surface area contributed by atoms with Crippen LogP contribution in [0.2, 0.25) is 0 Å². The lowest BCUT2D eigenvalue weighted by atomic mass is 10.2. The van der Waals surface area contributed by atoms with Crippen LogP contribution in [-0.2, 0) is 9.53 Å². The largest absolute Gasteiger partial charge is 0.372 e. The van der Waals surface area contributed by atoms with Gasteiger partial charge >= 0.3 is 0 Å². The number of carbonyl (C=O) groups excluding carboxylic acids is 1. The van der Waals surface area contributed by atoms with E-state index in [1.165, 1.54) is 25.7 Å². The van der Waals surface area contributed by atoms with Gasteiger partial charge in [0, 0.05) is 13.2 Å². The molecule has 3 nitrogen and oxygen atoms in total. The van der Waals surface area contributed by atoms with Crippen molar-refractivity contribution in [1.82, 2.24) is 5.32 Å². The van der Waals surface area contributed by atoms with Gasteiger partial charge in [-0.2, -0.15) is 0 Å². The van der Waals surface area contributed by atoms with E-state index in [1.54, 1.807) is 0 Å². The topological polar surface area (TPSA) is 38.3 Å². The Hall–Kier alpha value is -0.570. The minimum absolute atomic E-state index is 0.0123. The Morgan fingerprint density at radius 2 is 2.21 bits per heavy atom. The molecular formula is C11H21NO2. The van der Waals surface area contributed by atoms with Crippen molar-refractivity contribution < 1.29 is 9.53 Å². The third-order valence-electron chi connectivity index (χ3n) is 2.50. The van der Waals surface area contributed by atoms with Crippen molar-refractivity contribution in [2.45, 2.75) is 39.0 Å². The zero-order valence-corrected chi connectivity index (χ0v) is 9.05. The van der Waals surface area contributed by atoms with Gasteiger partial charge in [-0.25, -0.2) is 0 Å². The van der Waals surface area contributed by atoms with Gasteiger partial charge in [-0.3, -0.25) is 4.79 Å². The van der Waals surface area contributed by atoms with Crippen LogP contribution in [0.25, 0.3) is 0 Å². The van der Waals surface area contributed by atoms with E-state index >= 15 is 0 Å². The Kier molecular flexibility index (Phi) is 5.60. The van der Waals surface area contributed by atoms with Gasteiger partial charge in [0.25, 0.3) is 0 Å². The van der Waals surface area contributed by atoms with Crippen LogP contribution in [0.1, 0.15) is 39.0 Å². The first-order valence-corrected chi connectivity index (χ1v) is 5.67. The number of hydrogen-bond donors (Lipinski definition) is 1. The molecule has 0 heterocycles. The van der Waals surface area contributed by atoms with Crippen LogP contribution >= 0.6 is 0 Å². The number of amides is 1. The van der Waals surface area contributed by atoms with Crippen molar-refractivity contribution in [2.75, 3.05) is 19.8 Å². The summed E-state index contributed by atoms with van der Waals surface area (Å²) in [5, 5.41) is 2.85. The summed E-state index contributed by atoms with van der Waals surface area (Å²) in [6.45, 7) is 3.51. The predicted molar refractivity (Wildman–Crippen MR) is 56.1 cm³/mol. The normalized spacial score (nSPS) is 15.5. The molecule has 1 N–H and O–H groups in total. The van der Waals surface area contributed by atoms with E-state index in [2.05, 4.69) is 5.32 Å². The lowest BCUT2D eigenvalue weighted by Gasteiger charge is -2.04. The summed E-state index contributed by atoms with van der Waals surface area (Å²) in [5.74, 6) is 1.02. The summed E-state index contributed by atoms with van der Waals surface area (Å²) < 4.78 is 4.99. The number of hydrogen-bond acceptors (Lipinski definition) is 2. The van der Waals surface area contributed by atoms with Gasteiger partial charge in [-0.05, 0) is 19.3 Å². The highest BCUT2D eigenvalue weighted by Gasteiger charge is 2.19. The molecule has 1 fully saturated rings. The van der Waals surface area contributed by atoms with E-state index in [0.29, 0.717) is 6.61 Å². The Morgan fingerprint density at radius 1 is 1.43 bits per heavy atom. The second-order valence-electron chi connectivity index (χ2n) is 3.93. The fraction of sp³-hybridized carbons (Fsp3) is 0.909. The van der Waals surface area contributed by atoms with E-state index in [-0.39, 0.29) is 12.5 Å². The number of rotatable bonds is 8. The molecule has 0 atom stereocenters. The average molecular weight is 199 g/mol. The lowest BCUT2D eigenvalue weighted by molar-refractivity contribution is -0.125. The first kappa shape index (κ1) is 11.5. The predicted octanol–water partition coefficient (Wildman–Crippen LogP) is 1.72. The van der Waals surface area contributed by atoms with Crippen LogP contribution in [0.3, 0.4) is 0 Å². The molecule has 0 aromatic carbocycles. The molecule has 0 radical (unpaired) electrons. The molecule has 1 aliphatic rings. The summed E-state index contributed by atoms with van der Waals surface area (Å²) in [4.78, 5) is 11.1. The second-order valence-corrected chi connectivity index (χ2v) is 3.93. The highest BCUT2D eigenvalue weighted by Crippen LogP contribution is 2.33. The Balaban J connectivity index is 1.79. The Labute approximate surface area is 86.2 Å². The van der Waals surface area contributed by atoms with Gasteiger partial charge in [0.1, 0.15) is 6.61 Å². The fourth-order valence-corrected chi connectivity index (χ4v) is 1.44. The maximum Gasteiger partial charge on any atom is 0.245 e. The second kappa shape index (κ2) is 6.82. The highest BCUT2D eigenvalue weighted by atomic mass is 16.5. The first-order valence-electron chi connectivity index (χ1n) is 5.67. The Morgan fingerprint density at radius 3 is 2.86 bits per heavy atom. The molecule has 0 spiro atoms. The summed E-state index contributed by atoms with van der Waals surface area (Å²) in [7, 11) is 0. The van der Waals surface area contributed by atoms with Gasteiger partial charge in [-0.15, -0.1) is 0 Å². The zero-order chi connectivity index (χ0) is 10.2. The van der Waals surface area contributed by atoms with Crippen molar-refractivity contribution in [1.29, 1.82) is 0 Å². The number of unbranched alkanes of at least 4 members (excludes halogenated alkanes) is 1. The number of ether oxygens (including phenoxy) is 1. The molecule has 3 heteroatoms. The van der Waals surface area contributed by atoms with Crippen molar-refractivity contribution in [3.05, 3.63) is 0 Å². The zero-order valence-electron chi connectivity index (χ0n) is 9.05. The van der Waals surface area contributed by atoms with E-state index in [4.69, 9.17) is 4.74 Å². The number of carbonyl (C=O) groups is 1. The smallest absolute Gasteiger partial charge is 0.245 e. The summed E-state index contributed by atoms with van der Waals surface area (Å²) in [5.41, 5.74) is 0. The Bertz CT molecular complexity index is 167.